The van der Waals surface area contributed by atoms with Gasteiger partial charge in [-0.3, -0.25) is 0 Å². The summed E-state index contributed by atoms with van der Waals surface area (Å²) in [6.07, 6.45) is 0. The molecule has 3 nitrogen and oxygen atoms in total. The van der Waals surface area contributed by atoms with Crippen molar-refractivity contribution >= 4 is 23.1 Å². The van der Waals surface area contributed by atoms with Crippen LogP contribution in [-0.4, -0.2) is 6.03 Å². The predicted molar refractivity (Wildman–Crippen MR) is 102 cm³/mol. The molecule has 0 unspecified atom stereocenters. The van der Waals surface area contributed by atoms with Gasteiger partial charge in [-0.2, -0.15) is 11.3 Å². The van der Waals surface area contributed by atoms with Crippen LogP contribution in [0.25, 0.3) is 11.1 Å². The first-order chi connectivity index (χ1) is 11.6. The van der Waals surface area contributed by atoms with Gasteiger partial charge in [0.25, 0.3) is 0 Å². The van der Waals surface area contributed by atoms with E-state index < -0.39 is 0 Å². The average Bonchev–Trinajstić information content (AvgIpc) is 3.11. The minimum absolute atomic E-state index is 0.196. The van der Waals surface area contributed by atoms with Crippen LogP contribution in [0.5, 0.6) is 0 Å². The molecular formula is C20H20N2OS. The summed E-state index contributed by atoms with van der Waals surface area (Å²) in [4.78, 5) is 12.2. The summed E-state index contributed by atoms with van der Waals surface area (Å²) in [5.41, 5.74) is 6.63. The maximum absolute atomic E-state index is 12.2. The smallest absolute Gasteiger partial charge is 0.319 e. The number of urea groups is 1. The van der Waals surface area contributed by atoms with E-state index in [2.05, 4.69) is 40.5 Å². The maximum atomic E-state index is 12.2. The van der Waals surface area contributed by atoms with Crippen molar-refractivity contribution < 1.29 is 4.79 Å². The Hall–Kier alpha value is -2.59. The summed E-state index contributed by atoms with van der Waals surface area (Å²) in [6.45, 7) is 4.58. The number of thiophene rings is 1. The Kier molecular flexibility index (Phi) is 4.96. The molecule has 2 N–H and O–H groups in total. The number of benzene rings is 2. The fraction of sp³-hybridized carbons (Fsp3) is 0.150. The molecule has 3 aromatic rings. The van der Waals surface area contributed by atoms with E-state index in [9.17, 15) is 4.79 Å². The lowest BCUT2D eigenvalue weighted by Gasteiger charge is -2.11. The second-order valence-corrected chi connectivity index (χ2v) is 6.56. The first-order valence-corrected chi connectivity index (χ1v) is 8.80. The van der Waals surface area contributed by atoms with Crippen LogP contribution in [0, 0.1) is 13.8 Å². The molecular weight excluding hydrogens is 316 g/mol. The van der Waals surface area contributed by atoms with Gasteiger partial charge in [0.2, 0.25) is 0 Å². The molecule has 0 saturated carbocycles. The Bertz CT molecular complexity index is 841. The van der Waals surface area contributed by atoms with Crippen LogP contribution in [0.4, 0.5) is 10.5 Å². The number of rotatable bonds is 4. The maximum Gasteiger partial charge on any atom is 0.319 e. The molecule has 0 radical (unpaired) electrons. The molecule has 2 aromatic carbocycles. The number of hydrogen-bond acceptors (Lipinski definition) is 2. The zero-order valence-electron chi connectivity index (χ0n) is 13.8. The van der Waals surface area contributed by atoms with Gasteiger partial charge >= 0.3 is 6.03 Å². The first kappa shape index (κ1) is 16.3. The van der Waals surface area contributed by atoms with Crippen molar-refractivity contribution in [2.75, 3.05) is 5.32 Å². The van der Waals surface area contributed by atoms with Crippen LogP contribution in [0.3, 0.4) is 0 Å². The van der Waals surface area contributed by atoms with E-state index in [1.54, 1.807) is 11.3 Å². The highest BCUT2D eigenvalue weighted by atomic mass is 32.1. The van der Waals surface area contributed by atoms with Crippen LogP contribution < -0.4 is 10.6 Å². The fourth-order valence-corrected chi connectivity index (χ4v) is 3.20. The molecule has 0 aliphatic carbocycles. The van der Waals surface area contributed by atoms with Crippen molar-refractivity contribution in [2.45, 2.75) is 20.4 Å². The van der Waals surface area contributed by atoms with Gasteiger partial charge in [0.15, 0.2) is 0 Å². The third kappa shape index (κ3) is 3.84. The third-order valence-corrected chi connectivity index (χ3v) is 4.74. The van der Waals surface area contributed by atoms with Crippen molar-refractivity contribution in [3.05, 3.63) is 76.0 Å². The van der Waals surface area contributed by atoms with Crippen LogP contribution in [-0.2, 0) is 6.54 Å². The third-order valence-electron chi connectivity index (χ3n) is 4.05. The van der Waals surface area contributed by atoms with E-state index in [0.29, 0.717) is 6.54 Å². The number of carbonyl (C=O) groups is 1. The highest BCUT2D eigenvalue weighted by molar-refractivity contribution is 7.08. The zero-order chi connectivity index (χ0) is 16.9. The average molecular weight is 336 g/mol. The molecule has 122 valence electrons. The van der Waals surface area contributed by atoms with Gasteiger partial charge in [-0.15, -0.1) is 0 Å². The first-order valence-electron chi connectivity index (χ1n) is 7.86. The molecule has 0 atom stereocenters. The van der Waals surface area contributed by atoms with E-state index in [4.69, 9.17) is 0 Å². The Morgan fingerprint density at radius 3 is 2.62 bits per heavy atom. The minimum Gasteiger partial charge on any atom is -0.334 e. The van der Waals surface area contributed by atoms with Gasteiger partial charge in [-0.05, 0) is 70.6 Å². The molecule has 0 spiro atoms. The summed E-state index contributed by atoms with van der Waals surface area (Å²) in [7, 11) is 0. The molecule has 0 fully saturated rings. The van der Waals surface area contributed by atoms with E-state index in [1.807, 2.05) is 43.3 Å². The summed E-state index contributed by atoms with van der Waals surface area (Å²) in [6, 6.07) is 16.0. The number of amides is 2. The predicted octanol–water partition coefficient (Wildman–Crippen LogP) is 5.35. The zero-order valence-corrected chi connectivity index (χ0v) is 14.6. The van der Waals surface area contributed by atoms with Crippen LogP contribution in [0.15, 0.2) is 59.3 Å². The summed E-state index contributed by atoms with van der Waals surface area (Å²) < 4.78 is 0. The number of carbonyl (C=O) groups excluding carboxylic acids is 1. The van der Waals surface area contributed by atoms with E-state index in [-0.39, 0.29) is 6.03 Å². The van der Waals surface area contributed by atoms with Gasteiger partial charge in [0, 0.05) is 12.2 Å². The second kappa shape index (κ2) is 7.32. The normalized spacial score (nSPS) is 10.4. The minimum atomic E-state index is -0.196. The van der Waals surface area contributed by atoms with Gasteiger partial charge < -0.3 is 10.6 Å². The van der Waals surface area contributed by atoms with Crippen molar-refractivity contribution in [1.82, 2.24) is 5.32 Å². The molecule has 0 saturated heterocycles. The Morgan fingerprint density at radius 1 is 1.04 bits per heavy atom. The molecule has 4 heteroatoms. The number of aryl methyl sites for hydroxylation is 2. The quantitative estimate of drug-likeness (QED) is 0.662. The lowest BCUT2D eigenvalue weighted by molar-refractivity contribution is 0.252. The van der Waals surface area contributed by atoms with Gasteiger partial charge in [-0.1, -0.05) is 30.3 Å². The standard InChI is InChI=1S/C20H20N2OS/c1-14-7-8-18(11-15(14)2)22-20(23)21-12-16-5-3-4-6-19(16)17-9-10-24-13-17/h3-11,13H,12H2,1-2H3,(H2,21,22,23). The molecule has 0 aliphatic heterocycles. The molecule has 1 aromatic heterocycles. The van der Waals surface area contributed by atoms with E-state index >= 15 is 0 Å². The lowest BCUT2D eigenvalue weighted by atomic mass is 10.0. The summed E-state index contributed by atoms with van der Waals surface area (Å²) in [5.74, 6) is 0. The molecule has 1 heterocycles. The van der Waals surface area contributed by atoms with Gasteiger partial charge in [-0.25, -0.2) is 4.79 Å². The number of nitrogens with one attached hydrogen (secondary N) is 2. The van der Waals surface area contributed by atoms with E-state index in [1.165, 1.54) is 11.1 Å². The van der Waals surface area contributed by atoms with Crippen molar-refractivity contribution in [2.24, 2.45) is 0 Å². The van der Waals surface area contributed by atoms with Crippen molar-refractivity contribution in [3.8, 4) is 11.1 Å². The molecule has 3 rings (SSSR count). The topological polar surface area (TPSA) is 41.1 Å². The fourth-order valence-electron chi connectivity index (χ4n) is 2.54. The second-order valence-electron chi connectivity index (χ2n) is 5.78. The Balaban J connectivity index is 1.66. The highest BCUT2D eigenvalue weighted by Crippen LogP contribution is 2.25. The van der Waals surface area contributed by atoms with Gasteiger partial charge in [0.05, 0.1) is 0 Å². The molecule has 0 bridgehead atoms. The van der Waals surface area contributed by atoms with Crippen molar-refractivity contribution in [3.63, 3.8) is 0 Å². The molecule has 24 heavy (non-hydrogen) atoms. The largest absolute Gasteiger partial charge is 0.334 e. The van der Waals surface area contributed by atoms with E-state index in [0.717, 1.165) is 22.4 Å². The van der Waals surface area contributed by atoms with Crippen LogP contribution in [0.1, 0.15) is 16.7 Å². The number of anilines is 1. The monoisotopic (exact) mass is 336 g/mol. The Morgan fingerprint density at radius 2 is 1.88 bits per heavy atom. The van der Waals surface area contributed by atoms with Crippen LogP contribution >= 0.6 is 11.3 Å². The van der Waals surface area contributed by atoms with Crippen LogP contribution in [0.2, 0.25) is 0 Å². The summed E-state index contributed by atoms with van der Waals surface area (Å²) in [5, 5.41) is 10.0. The molecule has 0 aliphatic rings. The Labute approximate surface area is 146 Å². The highest BCUT2D eigenvalue weighted by Gasteiger charge is 2.07. The molecule has 2 amide bonds. The number of hydrogen-bond donors (Lipinski definition) is 2. The lowest BCUT2D eigenvalue weighted by Crippen LogP contribution is -2.28. The SMILES string of the molecule is Cc1ccc(NC(=O)NCc2ccccc2-c2ccsc2)cc1C. The van der Waals surface area contributed by atoms with Crippen molar-refractivity contribution in [1.29, 1.82) is 0 Å². The summed E-state index contributed by atoms with van der Waals surface area (Å²) >= 11 is 1.67. The van der Waals surface area contributed by atoms with Gasteiger partial charge in [0.1, 0.15) is 0 Å².